The maximum atomic E-state index is 13.6. The van der Waals surface area contributed by atoms with E-state index < -0.39 is 17.4 Å². The molecular weight excluding hydrogens is 351 g/mol. The molecular formula is C18H12ClFO5. The second-order valence-electron chi connectivity index (χ2n) is 5.10. The zero-order chi connectivity index (χ0) is 17.8. The van der Waals surface area contributed by atoms with E-state index in [0.717, 1.165) is 5.39 Å². The fourth-order valence-corrected chi connectivity index (χ4v) is 2.36. The van der Waals surface area contributed by atoms with Gasteiger partial charge in [0.25, 0.3) is 0 Å². The second kappa shape index (κ2) is 7.36. The highest BCUT2D eigenvalue weighted by atomic mass is 35.5. The van der Waals surface area contributed by atoms with Gasteiger partial charge in [0.15, 0.2) is 6.61 Å². The summed E-state index contributed by atoms with van der Waals surface area (Å²) in [5.41, 5.74) is -0.0349. The lowest BCUT2D eigenvalue weighted by Gasteiger charge is -2.09. The lowest BCUT2D eigenvalue weighted by atomic mass is 10.2. The van der Waals surface area contributed by atoms with Crippen LogP contribution in [0.15, 0.2) is 57.7 Å². The van der Waals surface area contributed by atoms with Gasteiger partial charge in [0.05, 0.1) is 5.02 Å². The topological polar surface area (TPSA) is 65.7 Å². The molecule has 5 nitrogen and oxygen atoms in total. The van der Waals surface area contributed by atoms with Gasteiger partial charge in [0.2, 0.25) is 0 Å². The molecule has 0 N–H and O–H groups in total. The van der Waals surface area contributed by atoms with Crippen LogP contribution in [-0.2, 0) is 16.1 Å². The molecule has 0 aliphatic heterocycles. The maximum Gasteiger partial charge on any atom is 0.344 e. The second-order valence-corrected chi connectivity index (χ2v) is 5.51. The average molecular weight is 363 g/mol. The summed E-state index contributed by atoms with van der Waals surface area (Å²) in [6.07, 6.45) is 0. The number of fused-ring (bicyclic) bond motifs is 1. The minimum absolute atomic E-state index is 0.102. The molecule has 2 aromatic carbocycles. The predicted molar refractivity (Wildman–Crippen MR) is 89.2 cm³/mol. The van der Waals surface area contributed by atoms with Gasteiger partial charge in [-0.1, -0.05) is 17.7 Å². The van der Waals surface area contributed by atoms with Crippen molar-refractivity contribution in [3.8, 4) is 5.75 Å². The molecule has 0 spiro atoms. The smallest absolute Gasteiger partial charge is 0.344 e. The highest BCUT2D eigenvalue weighted by Crippen LogP contribution is 2.21. The number of hydrogen-bond donors (Lipinski definition) is 0. The molecule has 0 unspecified atom stereocenters. The van der Waals surface area contributed by atoms with Crippen LogP contribution < -0.4 is 10.4 Å². The summed E-state index contributed by atoms with van der Waals surface area (Å²) in [5, 5.41) is 0.905. The number of esters is 1. The molecule has 1 heterocycles. The third kappa shape index (κ3) is 4.16. The van der Waals surface area contributed by atoms with Gasteiger partial charge in [-0.05, 0) is 30.3 Å². The van der Waals surface area contributed by atoms with Crippen molar-refractivity contribution in [2.45, 2.75) is 6.61 Å². The van der Waals surface area contributed by atoms with Crippen LogP contribution in [0, 0.1) is 5.82 Å². The summed E-state index contributed by atoms with van der Waals surface area (Å²) in [7, 11) is 0. The Morgan fingerprint density at radius 2 is 1.96 bits per heavy atom. The third-order valence-electron chi connectivity index (χ3n) is 3.39. The van der Waals surface area contributed by atoms with Gasteiger partial charge in [-0.2, -0.15) is 0 Å². The summed E-state index contributed by atoms with van der Waals surface area (Å²) in [5.74, 6) is -0.901. The molecule has 0 fully saturated rings. The number of carbonyl (C=O) groups excluding carboxylic acids is 1. The van der Waals surface area contributed by atoms with Crippen molar-refractivity contribution in [2.24, 2.45) is 0 Å². The lowest BCUT2D eigenvalue weighted by Crippen LogP contribution is -2.15. The van der Waals surface area contributed by atoms with Crippen molar-refractivity contribution in [2.75, 3.05) is 6.61 Å². The van der Waals surface area contributed by atoms with E-state index in [0.29, 0.717) is 11.3 Å². The van der Waals surface area contributed by atoms with E-state index in [1.165, 1.54) is 30.3 Å². The molecule has 7 heteroatoms. The Bertz CT molecular complexity index is 962. The molecule has 0 bridgehead atoms. The monoisotopic (exact) mass is 362 g/mol. The molecule has 128 valence electrons. The van der Waals surface area contributed by atoms with Gasteiger partial charge in [-0.3, -0.25) is 0 Å². The van der Waals surface area contributed by atoms with Crippen molar-refractivity contribution < 1.29 is 23.1 Å². The van der Waals surface area contributed by atoms with Crippen LogP contribution in [-0.4, -0.2) is 12.6 Å². The first-order valence-corrected chi connectivity index (χ1v) is 7.66. The standard InChI is InChI=1S/C18H12ClFO5/c19-14-2-1-3-15(20)13(14)9-24-18(22)10-23-12-6-4-11-5-7-17(21)25-16(11)8-12/h1-8H,9-10H2. The third-order valence-corrected chi connectivity index (χ3v) is 3.74. The number of carbonyl (C=O) groups is 1. The number of benzene rings is 2. The molecule has 0 amide bonds. The van der Waals surface area contributed by atoms with Crippen molar-refractivity contribution in [3.63, 3.8) is 0 Å². The molecule has 0 atom stereocenters. The molecule has 1 aromatic heterocycles. The van der Waals surface area contributed by atoms with Crippen LogP contribution in [0.5, 0.6) is 5.75 Å². The molecule has 3 aromatic rings. The molecule has 3 rings (SSSR count). The van der Waals surface area contributed by atoms with Crippen LogP contribution in [0.4, 0.5) is 4.39 Å². The summed E-state index contributed by atoms with van der Waals surface area (Å²) in [6.45, 7) is -0.672. The normalized spacial score (nSPS) is 10.6. The first-order chi connectivity index (χ1) is 12.0. The first kappa shape index (κ1) is 17.0. The number of rotatable bonds is 5. The number of hydrogen-bond acceptors (Lipinski definition) is 5. The van der Waals surface area contributed by atoms with Crippen molar-refractivity contribution in [1.82, 2.24) is 0 Å². The summed E-state index contributed by atoms with van der Waals surface area (Å²) in [6, 6.07) is 12.0. The van der Waals surface area contributed by atoms with E-state index in [2.05, 4.69) is 0 Å². The van der Waals surface area contributed by atoms with Gasteiger partial charge in [0, 0.05) is 23.1 Å². The van der Waals surface area contributed by atoms with Crippen LogP contribution >= 0.6 is 11.6 Å². The molecule has 0 radical (unpaired) electrons. The maximum absolute atomic E-state index is 13.6. The SMILES string of the molecule is O=C(COc1ccc2ccc(=O)oc2c1)OCc1c(F)cccc1Cl. The van der Waals surface area contributed by atoms with Gasteiger partial charge in [-0.25, -0.2) is 14.0 Å². The summed E-state index contributed by atoms with van der Waals surface area (Å²) >= 11 is 5.86. The molecule has 0 saturated carbocycles. The Labute approximate surface area is 146 Å². The lowest BCUT2D eigenvalue weighted by molar-refractivity contribution is -0.147. The van der Waals surface area contributed by atoms with E-state index in [4.69, 9.17) is 25.5 Å². The Morgan fingerprint density at radius 1 is 1.16 bits per heavy atom. The van der Waals surface area contributed by atoms with Crippen LogP contribution in [0.2, 0.25) is 5.02 Å². The number of halogens is 2. The predicted octanol–water partition coefficient (Wildman–Crippen LogP) is 3.71. The molecule has 0 aliphatic rings. The highest BCUT2D eigenvalue weighted by Gasteiger charge is 2.11. The van der Waals surface area contributed by atoms with E-state index in [-0.39, 0.29) is 23.8 Å². The van der Waals surface area contributed by atoms with E-state index in [1.54, 1.807) is 18.2 Å². The van der Waals surface area contributed by atoms with Crippen LogP contribution in [0.3, 0.4) is 0 Å². The quantitative estimate of drug-likeness (QED) is 0.511. The summed E-state index contributed by atoms with van der Waals surface area (Å²) < 4.78 is 28.9. The van der Waals surface area contributed by atoms with Gasteiger partial charge < -0.3 is 13.9 Å². The minimum Gasteiger partial charge on any atom is -0.482 e. The van der Waals surface area contributed by atoms with Crippen LogP contribution in [0.1, 0.15) is 5.56 Å². The Morgan fingerprint density at radius 3 is 2.76 bits per heavy atom. The van der Waals surface area contributed by atoms with Gasteiger partial charge in [0.1, 0.15) is 23.8 Å². The highest BCUT2D eigenvalue weighted by molar-refractivity contribution is 6.31. The van der Waals surface area contributed by atoms with E-state index >= 15 is 0 Å². The fourth-order valence-electron chi connectivity index (χ4n) is 2.14. The zero-order valence-corrected chi connectivity index (χ0v) is 13.6. The number of ether oxygens (including phenoxy) is 2. The largest absolute Gasteiger partial charge is 0.482 e. The van der Waals surface area contributed by atoms with Crippen molar-refractivity contribution >= 4 is 28.5 Å². The Balaban J connectivity index is 1.60. The van der Waals surface area contributed by atoms with Gasteiger partial charge in [-0.15, -0.1) is 0 Å². The minimum atomic E-state index is -0.686. The molecule has 0 aliphatic carbocycles. The van der Waals surface area contributed by atoms with E-state index in [1.807, 2.05) is 0 Å². The van der Waals surface area contributed by atoms with Crippen LogP contribution in [0.25, 0.3) is 11.0 Å². The summed E-state index contributed by atoms with van der Waals surface area (Å²) in [4.78, 5) is 23.0. The Hall–Kier alpha value is -2.86. The molecule has 0 saturated heterocycles. The van der Waals surface area contributed by atoms with Crippen molar-refractivity contribution in [1.29, 1.82) is 0 Å². The van der Waals surface area contributed by atoms with Gasteiger partial charge >= 0.3 is 11.6 Å². The fraction of sp³-hybridized carbons (Fsp3) is 0.111. The first-order valence-electron chi connectivity index (χ1n) is 7.28. The van der Waals surface area contributed by atoms with E-state index in [9.17, 15) is 14.0 Å². The van der Waals surface area contributed by atoms with Crippen molar-refractivity contribution in [3.05, 3.63) is 75.4 Å². The average Bonchev–Trinajstić information content (AvgIpc) is 2.59. The zero-order valence-electron chi connectivity index (χ0n) is 12.8. The Kier molecular flexibility index (Phi) is 5.00. The molecule has 25 heavy (non-hydrogen) atoms.